The fourth-order valence-electron chi connectivity index (χ4n) is 1.40. The number of rotatable bonds is 2. The zero-order chi connectivity index (χ0) is 13.1. The van der Waals surface area contributed by atoms with Gasteiger partial charge < -0.3 is 4.74 Å². The molecule has 92 valence electrons. The van der Waals surface area contributed by atoms with Crippen LogP contribution >= 0.6 is 0 Å². The summed E-state index contributed by atoms with van der Waals surface area (Å²) in [5.74, 6) is 0.258. The molecule has 0 aromatic heterocycles. The fourth-order valence-corrected chi connectivity index (χ4v) is 1.40. The van der Waals surface area contributed by atoms with Crippen molar-refractivity contribution in [3.05, 3.63) is 41.5 Å². The summed E-state index contributed by atoms with van der Waals surface area (Å²) >= 11 is 0. The van der Waals surface area contributed by atoms with Crippen LogP contribution in [0.25, 0.3) is 0 Å². The highest BCUT2D eigenvalue weighted by Crippen LogP contribution is 2.24. The number of esters is 1. The zero-order valence-corrected chi connectivity index (χ0v) is 11.2. The average Bonchev–Trinajstić information content (AvgIpc) is 2.15. The smallest absolute Gasteiger partial charge is 0.336 e. The Labute approximate surface area is 103 Å². The summed E-state index contributed by atoms with van der Waals surface area (Å²) in [5, 5.41) is 0. The lowest BCUT2D eigenvalue weighted by atomic mass is 9.87. The van der Waals surface area contributed by atoms with Gasteiger partial charge in [0.2, 0.25) is 0 Å². The summed E-state index contributed by atoms with van der Waals surface area (Å²) in [5.41, 5.74) is 2.27. The number of ether oxygens (including phenoxy) is 1. The van der Waals surface area contributed by atoms with Crippen LogP contribution in [0.1, 0.15) is 40.2 Å². The number of carbonyl (C=O) groups excluding carboxylic acids is 1. The molecule has 1 aromatic rings. The predicted molar refractivity (Wildman–Crippen MR) is 70.2 cm³/mol. The summed E-state index contributed by atoms with van der Waals surface area (Å²) in [6, 6.07) is 7.64. The highest BCUT2D eigenvalue weighted by Gasteiger charge is 2.13. The van der Waals surface area contributed by atoms with E-state index in [0.717, 1.165) is 5.57 Å². The summed E-state index contributed by atoms with van der Waals surface area (Å²) in [6.07, 6.45) is 1.48. The summed E-state index contributed by atoms with van der Waals surface area (Å²) in [7, 11) is 0. The summed E-state index contributed by atoms with van der Waals surface area (Å²) in [6.45, 7) is 10.2. The Morgan fingerprint density at radius 3 is 2.06 bits per heavy atom. The molecule has 0 spiro atoms. The first kappa shape index (κ1) is 13.5. The fraction of sp³-hybridized carbons (Fsp3) is 0.400. The minimum Gasteiger partial charge on any atom is -0.423 e. The second-order valence-corrected chi connectivity index (χ2v) is 5.42. The lowest BCUT2D eigenvalue weighted by Crippen LogP contribution is -2.11. The highest BCUT2D eigenvalue weighted by molar-refractivity contribution is 5.84. The Morgan fingerprint density at radius 1 is 1.12 bits per heavy atom. The Balaban J connectivity index is 2.76. The maximum Gasteiger partial charge on any atom is 0.336 e. The molecule has 0 radical (unpaired) electrons. The van der Waals surface area contributed by atoms with Crippen molar-refractivity contribution in [1.82, 2.24) is 0 Å². The molecule has 0 heterocycles. The van der Waals surface area contributed by atoms with E-state index in [0.29, 0.717) is 5.75 Å². The minimum absolute atomic E-state index is 0.114. The van der Waals surface area contributed by atoms with E-state index in [1.165, 1.54) is 11.6 Å². The maximum atomic E-state index is 11.4. The second-order valence-electron chi connectivity index (χ2n) is 5.42. The standard InChI is InChI=1S/C15H20O2/c1-11(2)10-14(16)17-13-8-6-12(7-9-13)15(3,4)5/h6-10H,1-5H3. The molecule has 0 aliphatic carbocycles. The number of benzene rings is 1. The topological polar surface area (TPSA) is 26.3 Å². The van der Waals surface area contributed by atoms with Crippen LogP contribution in [0, 0.1) is 0 Å². The molecule has 0 fully saturated rings. The van der Waals surface area contributed by atoms with E-state index in [1.54, 1.807) is 0 Å². The van der Waals surface area contributed by atoms with E-state index in [4.69, 9.17) is 4.74 Å². The first-order chi connectivity index (χ1) is 7.79. The number of hydrogen-bond donors (Lipinski definition) is 0. The average molecular weight is 232 g/mol. The molecule has 0 unspecified atom stereocenters. The SMILES string of the molecule is CC(C)=CC(=O)Oc1ccc(C(C)(C)C)cc1. The molecule has 0 saturated heterocycles. The second kappa shape index (κ2) is 5.17. The number of allylic oxidation sites excluding steroid dienone is 1. The molecule has 0 saturated carbocycles. The Morgan fingerprint density at radius 2 is 1.65 bits per heavy atom. The van der Waals surface area contributed by atoms with Gasteiger partial charge in [0.15, 0.2) is 0 Å². The van der Waals surface area contributed by atoms with Gasteiger partial charge >= 0.3 is 5.97 Å². The van der Waals surface area contributed by atoms with Gasteiger partial charge in [0.25, 0.3) is 0 Å². The molecule has 2 nitrogen and oxygen atoms in total. The molecule has 0 aliphatic rings. The third-order valence-electron chi connectivity index (χ3n) is 2.35. The van der Waals surface area contributed by atoms with Gasteiger partial charge in [-0.05, 0) is 37.0 Å². The predicted octanol–water partition coefficient (Wildman–Crippen LogP) is 3.86. The van der Waals surface area contributed by atoms with Gasteiger partial charge in [0.05, 0.1) is 0 Å². The monoisotopic (exact) mass is 232 g/mol. The molecule has 0 N–H and O–H groups in total. The highest BCUT2D eigenvalue weighted by atomic mass is 16.5. The van der Waals surface area contributed by atoms with Gasteiger partial charge in [-0.15, -0.1) is 0 Å². The van der Waals surface area contributed by atoms with Crippen molar-refractivity contribution >= 4 is 5.97 Å². The lowest BCUT2D eigenvalue weighted by molar-refractivity contribution is -0.129. The van der Waals surface area contributed by atoms with Crippen LogP contribution in [0.2, 0.25) is 0 Å². The Hall–Kier alpha value is -1.57. The van der Waals surface area contributed by atoms with E-state index in [2.05, 4.69) is 20.8 Å². The molecule has 2 heteroatoms. The quantitative estimate of drug-likeness (QED) is 0.440. The van der Waals surface area contributed by atoms with E-state index >= 15 is 0 Å². The minimum atomic E-state index is -0.325. The van der Waals surface area contributed by atoms with Crippen molar-refractivity contribution in [1.29, 1.82) is 0 Å². The largest absolute Gasteiger partial charge is 0.423 e. The van der Waals surface area contributed by atoms with Crippen molar-refractivity contribution in [3.63, 3.8) is 0 Å². The van der Waals surface area contributed by atoms with Crippen LogP contribution < -0.4 is 4.74 Å². The maximum absolute atomic E-state index is 11.4. The van der Waals surface area contributed by atoms with Crippen LogP contribution in [0.4, 0.5) is 0 Å². The first-order valence-electron chi connectivity index (χ1n) is 5.76. The number of hydrogen-bond acceptors (Lipinski definition) is 2. The van der Waals surface area contributed by atoms with Gasteiger partial charge in [0.1, 0.15) is 5.75 Å². The third-order valence-corrected chi connectivity index (χ3v) is 2.35. The van der Waals surface area contributed by atoms with Crippen molar-refractivity contribution in [3.8, 4) is 5.75 Å². The molecule has 0 atom stereocenters. The van der Waals surface area contributed by atoms with Gasteiger partial charge in [0, 0.05) is 6.08 Å². The van der Waals surface area contributed by atoms with Crippen LogP contribution in [-0.2, 0) is 10.2 Å². The van der Waals surface area contributed by atoms with Gasteiger partial charge in [-0.3, -0.25) is 0 Å². The lowest BCUT2D eigenvalue weighted by Gasteiger charge is -2.18. The Bertz CT molecular complexity index is 415. The molecule has 0 aliphatic heterocycles. The van der Waals surface area contributed by atoms with Crippen molar-refractivity contribution in [2.75, 3.05) is 0 Å². The molecule has 0 amide bonds. The van der Waals surface area contributed by atoms with Gasteiger partial charge in [-0.1, -0.05) is 38.5 Å². The van der Waals surface area contributed by atoms with E-state index < -0.39 is 0 Å². The van der Waals surface area contributed by atoms with Crippen molar-refractivity contribution < 1.29 is 9.53 Å². The normalized spacial score (nSPS) is 10.9. The van der Waals surface area contributed by atoms with Crippen molar-refractivity contribution in [2.24, 2.45) is 0 Å². The van der Waals surface area contributed by atoms with Gasteiger partial charge in [-0.25, -0.2) is 4.79 Å². The molecule has 1 aromatic carbocycles. The zero-order valence-electron chi connectivity index (χ0n) is 11.2. The Kier molecular flexibility index (Phi) is 4.11. The molecule has 0 bridgehead atoms. The third kappa shape index (κ3) is 4.43. The van der Waals surface area contributed by atoms with Crippen LogP contribution in [0.15, 0.2) is 35.9 Å². The van der Waals surface area contributed by atoms with Crippen molar-refractivity contribution in [2.45, 2.75) is 40.0 Å². The van der Waals surface area contributed by atoms with Crippen LogP contribution in [-0.4, -0.2) is 5.97 Å². The first-order valence-corrected chi connectivity index (χ1v) is 5.76. The molecule has 1 rings (SSSR count). The molecule has 17 heavy (non-hydrogen) atoms. The molecular formula is C15H20O2. The van der Waals surface area contributed by atoms with Gasteiger partial charge in [-0.2, -0.15) is 0 Å². The van der Waals surface area contributed by atoms with Crippen LogP contribution in [0.5, 0.6) is 5.75 Å². The molecular weight excluding hydrogens is 212 g/mol. The summed E-state index contributed by atoms with van der Waals surface area (Å²) in [4.78, 5) is 11.4. The van der Waals surface area contributed by atoms with E-state index in [1.807, 2.05) is 38.1 Å². The van der Waals surface area contributed by atoms with Crippen LogP contribution in [0.3, 0.4) is 0 Å². The summed E-state index contributed by atoms with van der Waals surface area (Å²) < 4.78 is 5.18. The number of carbonyl (C=O) groups is 1. The van der Waals surface area contributed by atoms with E-state index in [-0.39, 0.29) is 11.4 Å². The van der Waals surface area contributed by atoms with E-state index in [9.17, 15) is 4.79 Å².